The minimum atomic E-state index is 0.606. The van der Waals surface area contributed by atoms with Gasteiger partial charge in [0.05, 0.1) is 0 Å². The van der Waals surface area contributed by atoms with Crippen LogP contribution < -0.4 is 5.73 Å². The van der Waals surface area contributed by atoms with Crippen molar-refractivity contribution >= 4 is 12.1 Å². The van der Waals surface area contributed by atoms with Gasteiger partial charge in [-0.2, -0.15) is 0 Å². The van der Waals surface area contributed by atoms with E-state index in [1.165, 1.54) is 6.21 Å². The Balaban J connectivity index is 2.76. The van der Waals surface area contributed by atoms with E-state index in [0.29, 0.717) is 5.84 Å². The van der Waals surface area contributed by atoms with Crippen LogP contribution in [-0.4, -0.2) is 18.6 Å². The number of nitrogens with zero attached hydrogens (tertiary/aromatic N) is 1. The molecule has 1 rings (SSSR count). The Morgan fingerprint density at radius 1 is 1.60 bits per heavy atom. The van der Waals surface area contributed by atoms with Crippen molar-refractivity contribution in [2.45, 2.75) is 12.8 Å². The minimum absolute atomic E-state index is 0.606. The molecule has 0 aromatic carbocycles. The lowest BCUT2D eigenvalue weighted by Gasteiger charge is -2.10. The van der Waals surface area contributed by atoms with Crippen molar-refractivity contribution in [3.05, 3.63) is 11.6 Å². The second-order valence-corrected chi connectivity index (χ2v) is 2.23. The number of hydrogen-bond acceptors (Lipinski definition) is 3. The first-order valence-electron chi connectivity index (χ1n) is 3.34. The predicted octanol–water partition coefficient (Wildman–Crippen LogP) is 0.713. The van der Waals surface area contributed by atoms with E-state index in [2.05, 4.69) is 4.99 Å². The molecule has 0 spiro atoms. The molecule has 0 saturated carbocycles. The standard InChI is InChI=1S/C7H11N3/c8-4-3-6-2-1-5-10-7(6)9/h3-4,8H,1-2,5H2,(H2,9,10)/b6-3-,8-4?. The fraction of sp³-hybridized carbons (Fsp3) is 0.429. The molecular weight excluding hydrogens is 126 g/mol. The van der Waals surface area contributed by atoms with Crippen molar-refractivity contribution in [3.63, 3.8) is 0 Å². The molecule has 3 N–H and O–H groups in total. The molecule has 1 aliphatic rings. The van der Waals surface area contributed by atoms with Crippen LogP contribution >= 0.6 is 0 Å². The number of aliphatic imine (C=N–C) groups is 1. The van der Waals surface area contributed by atoms with E-state index in [-0.39, 0.29) is 0 Å². The maximum Gasteiger partial charge on any atom is 0.121 e. The van der Waals surface area contributed by atoms with Gasteiger partial charge in [0.2, 0.25) is 0 Å². The van der Waals surface area contributed by atoms with Gasteiger partial charge in [-0.05, 0) is 24.5 Å². The van der Waals surface area contributed by atoms with Gasteiger partial charge < -0.3 is 11.1 Å². The predicted molar refractivity (Wildman–Crippen MR) is 42.6 cm³/mol. The number of amidine groups is 1. The first-order chi connectivity index (χ1) is 4.84. The summed E-state index contributed by atoms with van der Waals surface area (Å²) in [6.45, 7) is 0.834. The second-order valence-electron chi connectivity index (χ2n) is 2.23. The van der Waals surface area contributed by atoms with Crippen molar-refractivity contribution in [1.82, 2.24) is 0 Å². The first-order valence-corrected chi connectivity index (χ1v) is 3.34. The minimum Gasteiger partial charge on any atom is -0.384 e. The van der Waals surface area contributed by atoms with E-state index in [1.807, 2.05) is 0 Å². The molecule has 10 heavy (non-hydrogen) atoms. The van der Waals surface area contributed by atoms with Crippen molar-refractivity contribution < 1.29 is 0 Å². The summed E-state index contributed by atoms with van der Waals surface area (Å²) in [5, 5.41) is 6.82. The Hall–Kier alpha value is -1.12. The molecule has 1 heterocycles. The Morgan fingerprint density at radius 3 is 3.00 bits per heavy atom. The van der Waals surface area contributed by atoms with Gasteiger partial charge in [0.25, 0.3) is 0 Å². The van der Waals surface area contributed by atoms with Gasteiger partial charge in [-0.1, -0.05) is 0 Å². The Morgan fingerprint density at radius 2 is 2.40 bits per heavy atom. The van der Waals surface area contributed by atoms with Gasteiger partial charge in [0, 0.05) is 12.8 Å². The zero-order chi connectivity index (χ0) is 7.40. The second kappa shape index (κ2) is 3.15. The molecule has 0 aromatic heterocycles. The molecule has 0 saturated heterocycles. The average Bonchev–Trinajstić information content (AvgIpc) is 1.94. The lowest BCUT2D eigenvalue weighted by atomic mass is 10.1. The third-order valence-electron chi connectivity index (χ3n) is 1.50. The van der Waals surface area contributed by atoms with Crippen LogP contribution in [-0.2, 0) is 0 Å². The number of allylic oxidation sites excluding steroid dienone is 1. The zero-order valence-electron chi connectivity index (χ0n) is 5.80. The molecule has 0 unspecified atom stereocenters. The lowest BCUT2D eigenvalue weighted by Crippen LogP contribution is -2.19. The maximum atomic E-state index is 6.82. The third kappa shape index (κ3) is 1.43. The molecule has 54 valence electrons. The summed E-state index contributed by atoms with van der Waals surface area (Å²) in [4.78, 5) is 4.05. The van der Waals surface area contributed by atoms with Crippen molar-refractivity contribution in [1.29, 1.82) is 5.41 Å². The van der Waals surface area contributed by atoms with Crippen LogP contribution in [0.3, 0.4) is 0 Å². The van der Waals surface area contributed by atoms with Crippen LogP contribution in [0.2, 0.25) is 0 Å². The topological polar surface area (TPSA) is 62.2 Å². The van der Waals surface area contributed by atoms with E-state index >= 15 is 0 Å². The van der Waals surface area contributed by atoms with E-state index < -0.39 is 0 Å². The summed E-state index contributed by atoms with van der Waals surface area (Å²) in [6.07, 6.45) is 4.98. The molecule has 0 aromatic rings. The molecular formula is C7H11N3. The van der Waals surface area contributed by atoms with Crippen LogP contribution in [0.4, 0.5) is 0 Å². The van der Waals surface area contributed by atoms with Crippen molar-refractivity contribution in [2.24, 2.45) is 10.7 Å². The first kappa shape index (κ1) is 6.99. The molecule has 0 aliphatic carbocycles. The van der Waals surface area contributed by atoms with Crippen LogP contribution in [0.5, 0.6) is 0 Å². The monoisotopic (exact) mass is 137 g/mol. The summed E-state index contributed by atoms with van der Waals surface area (Å²) in [6, 6.07) is 0. The highest BCUT2D eigenvalue weighted by Crippen LogP contribution is 2.09. The normalized spacial score (nSPS) is 22.4. The van der Waals surface area contributed by atoms with Gasteiger partial charge in [-0.3, -0.25) is 4.99 Å². The number of nitrogens with two attached hydrogens (primary N) is 1. The summed E-state index contributed by atoms with van der Waals surface area (Å²) in [7, 11) is 0. The zero-order valence-corrected chi connectivity index (χ0v) is 5.80. The molecule has 0 fully saturated rings. The molecule has 1 aliphatic heterocycles. The Kier molecular flexibility index (Phi) is 2.20. The SMILES string of the molecule is N=C/C=C1/CCCN=C1N. The van der Waals surface area contributed by atoms with E-state index in [1.54, 1.807) is 6.08 Å². The number of rotatable bonds is 1. The van der Waals surface area contributed by atoms with Gasteiger partial charge in [-0.25, -0.2) is 0 Å². The third-order valence-corrected chi connectivity index (χ3v) is 1.50. The molecule has 0 amide bonds. The summed E-state index contributed by atoms with van der Waals surface area (Å²) < 4.78 is 0. The Labute approximate surface area is 60.2 Å². The molecule has 0 radical (unpaired) electrons. The quantitative estimate of drug-likeness (QED) is 0.514. The highest BCUT2D eigenvalue weighted by atomic mass is 14.9. The smallest absolute Gasteiger partial charge is 0.121 e. The van der Waals surface area contributed by atoms with Crippen LogP contribution in [0.25, 0.3) is 0 Å². The van der Waals surface area contributed by atoms with Crippen molar-refractivity contribution in [3.8, 4) is 0 Å². The highest BCUT2D eigenvalue weighted by molar-refractivity contribution is 6.00. The fourth-order valence-corrected chi connectivity index (χ4v) is 0.968. The van der Waals surface area contributed by atoms with E-state index in [4.69, 9.17) is 11.1 Å². The van der Waals surface area contributed by atoms with Crippen molar-refractivity contribution in [2.75, 3.05) is 6.54 Å². The number of hydrogen-bond donors (Lipinski definition) is 2. The van der Waals surface area contributed by atoms with Gasteiger partial charge in [0.15, 0.2) is 0 Å². The molecule has 0 atom stereocenters. The highest BCUT2D eigenvalue weighted by Gasteiger charge is 2.05. The van der Waals surface area contributed by atoms with E-state index in [9.17, 15) is 0 Å². The van der Waals surface area contributed by atoms with Gasteiger partial charge in [-0.15, -0.1) is 0 Å². The Bertz CT molecular complexity index is 191. The van der Waals surface area contributed by atoms with Crippen LogP contribution in [0.15, 0.2) is 16.6 Å². The molecule has 3 nitrogen and oxygen atoms in total. The molecule has 0 bridgehead atoms. The lowest BCUT2D eigenvalue weighted by molar-refractivity contribution is 0.812. The summed E-state index contributed by atoms with van der Waals surface area (Å²) in [5.74, 6) is 0.606. The molecule has 3 heteroatoms. The summed E-state index contributed by atoms with van der Waals surface area (Å²) in [5.41, 5.74) is 6.54. The largest absolute Gasteiger partial charge is 0.384 e. The van der Waals surface area contributed by atoms with Gasteiger partial charge >= 0.3 is 0 Å². The van der Waals surface area contributed by atoms with Crippen LogP contribution in [0, 0.1) is 5.41 Å². The fourth-order valence-electron chi connectivity index (χ4n) is 0.968. The average molecular weight is 137 g/mol. The maximum absolute atomic E-state index is 6.82. The van der Waals surface area contributed by atoms with Gasteiger partial charge in [0.1, 0.15) is 5.84 Å². The van der Waals surface area contributed by atoms with Crippen LogP contribution in [0.1, 0.15) is 12.8 Å². The van der Waals surface area contributed by atoms with E-state index in [0.717, 1.165) is 25.0 Å². The number of nitrogens with one attached hydrogen (secondary N) is 1. The summed E-state index contributed by atoms with van der Waals surface area (Å²) >= 11 is 0.